The summed E-state index contributed by atoms with van der Waals surface area (Å²) in [6.45, 7) is 0.805. The van der Waals surface area contributed by atoms with E-state index in [0.29, 0.717) is 25.2 Å². The molecule has 3 nitrogen and oxygen atoms in total. The van der Waals surface area contributed by atoms with E-state index in [-0.39, 0.29) is 6.61 Å². The predicted octanol–water partition coefficient (Wildman–Crippen LogP) is 2.96. The van der Waals surface area contributed by atoms with Gasteiger partial charge in [-0.2, -0.15) is 13.2 Å². The zero-order chi connectivity index (χ0) is 15.0. The molecule has 1 aromatic carbocycles. The van der Waals surface area contributed by atoms with Crippen molar-refractivity contribution in [2.24, 2.45) is 0 Å². The number of hydrogen-bond donors (Lipinski definition) is 1. The second kappa shape index (κ2) is 8.11. The van der Waals surface area contributed by atoms with Crippen molar-refractivity contribution < 1.29 is 27.8 Å². The number of halogens is 3. The summed E-state index contributed by atoms with van der Waals surface area (Å²) in [7, 11) is 0. The van der Waals surface area contributed by atoms with Gasteiger partial charge in [-0.15, -0.1) is 0 Å². The maximum atomic E-state index is 11.8. The molecule has 0 saturated carbocycles. The highest BCUT2D eigenvalue weighted by Crippen LogP contribution is 2.15. The largest absolute Gasteiger partial charge is 0.494 e. The minimum atomic E-state index is -4.28. The van der Waals surface area contributed by atoms with Crippen molar-refractivity contribution in [2.45, 2.75) is 32.0 Å². The highest BCUT2D eigenvalue weighted by molar-refractivity contribution is 5.27. The van der Waals surface area contributed by atoms with Crippen molar-refractivity contribution in [3.63, 3.8) is 0 Å². The lowest BCUT2D eigenvalue weighted by Gasteiger charge is -2.09. The van der Waals surface area contributed by atoms with E-state index in [4.69, 9.17) is 4.74 Å². The van der Waals surface area contributed by atoms with Gasteiger partial charge >= 0.3 is 6.18 Å². The molecule has 0 amide bonds. The Balaban J connectivity index is 2.16. The van der Waals surface area contributed by atoms with E-state index in [1.807, 2.05) is 12.1 Å². The quantitative estimate of drug-likeness (QED) is 0.749. The Bertz CT molecular complexity index is 374. The van der Waals surface area contributed by atoms with Gasteiger partial charge < -0.3 is 14.6 Å². The topological polar surface area (TPSA) is 38.7 Å². The first kappa shape index (κ1) is 16.8. The number of ether oxygens (including phenoxy) is 2. The van der Waals surface area contributed by atoms with E-state index >= 15 is 0 Å². The zero-order valence-electron chi connectivity index (χ0n) is 11.3. The summed E-state index contributed by atoms with van der Waals surface area (Å²) in [4.78, 5) is 0. The third kappa shape index (κ3) is 8.01. The molecule has 114 valence electrons. The van der Waals surface area contributed by atoms with Crippen LogP contribution in [0.3, 0.4) is 0 Å². The number of aliphatic hydroxyl groups is 1. The average molecular weight is 292 g/mol. The van der Waals surface area contributed by atoms with E-state index in [2.05, 4.69) is 4.74 Å². The number of benzene rings is 1. The normalized spacial score (nSPS) is 13.2. The van der Waals surface area contributed by atoms with Crippen LogP contribution < -0.4 is 4.74 Å². The first-order valence-corrected chi connectivity index (χ1v) is 6.41. The summed E-state index contributed by atoms with van der Waals surface area (Å²) in [6.07, 6.45) is -3.70. The Morgan fingerprint density at radius 1 is 1.15 bits per heavy atom. The third-order valence-electron chi connectivity index (χ3n) is 2.42. The van der Waals surface area contributed by atoms with Crippen molar-refractivity contribution in [1.29, 1.82) is 0 Å². The molecule has 0 spiro atoms. The highest BCUT2D eigenvalue weighted by Gasteiger charge is 2.27. The molecule has 6 heteroatoms. The molecule has 0 saturated heterocycles. The number of rotatable bonds is 8. The van der Waals surface area contributed by atoms with Gasteiger partial charge in [0, 0.05) is 6.42 Å². The first-order chi connectivity index (χ1) is 9.37. The highest BCUT2D eigenvalue weighted by atomic mass is 19.4. The Labute approximate surface area is 116 Å². The fourth-order valence-corrected chi connectivity index (χ4v) is 1.60. The second-order valence-electron chi connectivity index (χ2n) is 4.57. The molecule has 0 aliphatic heterocycles. The molecule has 0 bridgehead atoms. The molecule has 20 heavy (non-hydrogen) atoms. The summed E-state index contributed by atoms with van der Waals surface area (Å²) >= 11 is 0. The molecular formula is C14H19F3O3. The summed E-state index contributed by atoms with van der Waals surface area (Å²) in [5.74, 6) is 0.648. The van der Waals surface area contributed by atoms with Crippen LogP contribution in [0.25, 0.3) is 0 Å². The van der Waals surface area contributed by atoms with Gasteiger partial charge in [0.15, 0.2) is 0 Å². The van der Waals surface area contributed by atoms with Crippen LogP contribution >= 0.6 is 0 Å². The molecule has 0 radical (unpaired) electrons. The van der Waals surface area contributed by atoms with E-state index < -0.39 is 18.9 Å². The van der Waals surface area contributed by atoms with Crippen molar-refractivity contribution in [3.05, 3.63) is 29.8 Å². The lowest BCUT2D eigenvalue weighted by molar-refractivity contribution is -0.174. The van der Waals surface area contributed by atoms with Crippen LogP contribution in [0.5, 0.6) is 5.75 Å². The summed E-state index contributed by atoms with van der Waals surface area (Å²) < 4.78 is 45.2. The Morgan fingerprint density at radius 3 is 2.35 bits per heavy atom. The van der Waals surface area contributed by atoms with E-state index in [1.54, 1.807) is 19.1 Å². The molecule has 1 N–H and O–H groups in total. The minimum absolute atomic E-state index is 0.0135. The lowest BCUT2D eigenvalue weighted by atomic mass is 10.1. The number of aliphatic hydroxyl groups excluding tert-OH is 1. The standard InChI is InChI=1S/C14H19F3O3/c1-11(18)9-12-3-5-13(6-4-12)20-8-2-7-19-10-14(15,16)17/h3-6,11,18H,2,7-10H2,1H3. The molecule has 1 rings (SSSR count). The van der Waals surface area contributed by atoms with Crippen LogP contribution in [0, 0.1) is 0 Å². The van der Waals surface area contributed by atoms with E-state index in [1.165, 1.54) is 0 Å². The molecule has 0 fully saturated rings. The third-order valence-corrected chi connectivity index (χ3v) is 2.42. The summed E-state index contributed by atoms with van der Waals surface area (Å²) in [5, 5.41) is 9.23. The average Bonchev–Trinajstić information content (AvgIpc) is 2.33. The first-order valence-electron chi connectivity index (χ1n) is 6.41. The molecule has 0 heterocycles. The molecule has 1 atom stereocenters. The van der Waals surface area contributed by atoms with Gasteiger partial charge in [0.1, 0.15) is 12.4 Å². The maximum Gasteiger partial charge on any atom is 0.411 e. The molecule has 0 aromatic heterocycles. The summed E-state index contributed by atoms with van der Waals surface area (Å²) in [6, 6.07) is 7.24. The van der Waals surface area contributed by atoms with Gasteiger partial charge in [0.2, 0.25) is 0 Å². The summed E-state index contributed by atoms with van der Waals surface area (Å²) in [5.41, 5.74) is 1.00. The van der Waals surface area contributed by atoms with Crippen molar-refractivity contribution >= 4 is 0 Å². The van der Waals surface area contributed by atoms with Crippen molar-refractivity contribution in [2.75, 3.05) is 19.8 Å². The van der Waals surface area contributed by atoms with Crippen molar-refractivity contribution in [3.8, 4) is 5.75 Å². The molecule has 0 aliphatic rings. The van der Waals surface area contributed by atoms with Gasteiger partial charge in [-0.1, -0.05) is 12.1 Å². The van der Waals surface area contributed by atoms with Gasteiger partial charge in [-0.05, 0) is 31.0 Å². The molecular weight excluding hydrogens is 273 g/mol. The molecule has 1 aromatic rings. The SMILES string of the molecule is CC(O)Cc1ccc(OCCCOCC(F)(F)F)cc1. The van der Waals surface area contributed by atoms with Crippen LogP contribution in [0.4, 0.5) is 13.2 Å². The van der Waals surface area contributed by atoms with E-state index in [0.717, 1.165) is 5.56 Å². The fourth-order valence-electron chi connectivity index (χ4n) is 1.60. The van der Waals surface area contributed by atoms with Crippen LogP contribution in [0.2, 0.25) is 0 Å². The predicted molar refractivity (Wildman–Crippen MR) is 68.8 cm³/mol. The monoisotopic (exact) mass is 292 g/mol. The Morgan fingerprint density at radius 2 is 1.80 bits per heavy atom. The molecule has 0 aliphatic carbocycles. The van der Waals surface area contributed by atoms with Crippen LogP contribution in [0.1, 0.15) is 18.9 Å². The van der Waals surface area contributed by atoms with Crippen LogP contribution in [0.15, 0.2) is 24.3 Å². The molecule has 1 unspecified atom stereocenters. The lowest BCUT2D eigenvalue weighted by Crippen LogP contribution is -2.18. The van der Waals surface area contributed by atoms with Gasteiger partial charge in [0.25, 0.3) is 0 Å². The number of hydrogen-bond acceptors (Lipinski definition) is 3. The maximum absolute atomic E-state index is 11.8. The Kier molecular flexibility index (Phi) is 6.81. The minimum Gasteiger partial charge on any atom is -0.494 e. The van der Waals surface area contributed by atoms with E-state index in [9.17, 15) is 18.3 Å². The van der Waals surface area contributed by atoms with Crippen molar-refractivity contribution in [1.82, 2.24) is 0 Å². The van der Waals surface area contributed by atoms with Gasteiger partial charge in [-0.3, -0.25) is 0 Å². The van der Waals surface area contributed by atoms with Crippen LogP contribution in [-0.4, -0.2) is 37.2 Å². The smallest absolute Gasteiger partial charge is 0.411 e. The Hall–Kier alpha value is -1.27. The van der Waals surface area contributed by atoms with Gasteiger partial charge in [-0.25, -0.2) is 0 Å². The second-order valence-corrected chi connectivity index (χ2v) is 4.57. The van der Waals surface area contributed by atoms with Crippen LogP contribution in [-0.2, 0) is 11.2 Å². The number of alkyl halides is 3. The van der Waals surface area contributed by atoms with Gasteiger partial charge in [0.05, 0.1) is 19.3 Å². The zero-order valence-corrected chi connectivity index (χ0v) is 11.3. The fraction of sp³-hybridized carbons (Fsp3) is 0.571.